The Morgan fingerprint density at radius 2 is 2.00 bits per heavy atom. The molecule has 0 radical (unpaired) electrons. The number of hydrogen-bond acceptors (Lipinski definition) is 3. The first kappa shape index (κ1) is 8.97. The maximum absolute atomic E-state index is 8.91. The molecule has 1 fully saturated rings. The van der Waals surface area contributed by atoms with Gasteiger partial charge < -0.3 is 15.5 Å². The Hall–Kier alpha value is -0.120. The topological polar surface area (TPSA) is 52.5 Å². The number of hydrogen-bond donors (Lipinski definition) is 3. The van der Waals surface area contributed by atoms with E-state index in [4.69, 9.17) is 10.2 Å². The molecule has 0 aliphatic carbocycles. The predicted molar refractivity (Wildman–Crippen MR) is 43.3 cm³/mol. The molecule has 66 valence electrons. The molecule has 1 unspecified atom stereocenters. The van der Waals surface area contributed by atoms with Crippen LogP contribution in [0.1, 0.15) is 19.8 Å². The molecule has 3 heteroatoms. The van der Waals surface area contributed by atoms with Gasteiger partial charge in [-0.1, -0.05) is 0 Å². The normalized spacial score (nSPS) is 39.0. The highest BCUT2D eigenvalue weighted by molar-refractivity contribution is 4.82. The SMILES string of the molecule is CC1C[C@@H](CO)C[C@@H](CO)N1. The van der Waals surface area contributed by atoms with E-state index < -0.39 is 0 Å². The number of aliphatic hydroxyl groups excluding tert-OH is 2. The largest absolute Gasteiger partial charge is 0.396 e. The highest BCUT2D eigenvalue weighted by Crippen LogP contribution is 2.18. The molecule has 0 spiro atoms. The van der Waals surface area contributed by atoms with Gasteiger partial charge in [0.2, 0.25) is 0 Å². The van der Waals surface area contributed by atoms with E-state index in [-0.39, 0.29) is 19.3 Å². The molecule has 3 N–H and O–H groups in total. The van der Waals surface area contributed by atoms with Crippen LogP contribution in [-0.2, 0) is 0 Å². The van der Waals surface area contributed by atoms with Crippen molar-refractivity contribution in [2.75, 3.05) is 13.2 Å². The summed E-state index contributed by atoms with van der Waals surface area (Å²) >= 11 is 0. The van der Waals surface area contributed by atoms with E-state index in [2.05, 4.69) is 12.2 Å². The van der Waals surface area contributed by atoms with Crippen molar-refractivity contribution in [2.24, 2.45) is 5.92 Å². The number of piperidine rings is 1. The third-order valence-electron chi connectivity index (χ3n) is 2.30. The van der Waals surface area contributed by atoms with Crippen molar-refractivity contribution < 1.29 is 10.2 Å². The standard InChI is InChI=1S/C8H17NO2/c1-6-2-7(4-10)3-8(5-11)9-6/h6-11H,2-5H2,1H3/t6?,7-,8+/m1/s1. The first-order chi connectivity index (χ1) is 5.26. The number of nitrogens with one attached hydrogen (secondary N) is 1. The van der Waals surface area contributed by atoms with Crippen LogP contribution in [0.3, 0.4) is 0 Å². The zero-order valence-electron chi connectivity index (χ0n) is 6.95. The molecular weight excluding hydrogens is 142 g/mol. The molecule has 3 atom stereocenters. The number of rotatable bonds is 2. The molecule has 3 nitrogen and oxygen atoms in total. The van der Waals surface area contributed by atoms with Crippen molar-refractivity contribution in [1.29, 1.82) is 0 Å². The monoisotopic (exact) mass is 159 g/mol. The van der Waals surface area contributed by atoms with Crippen molar-refractivity contribution in [3.8, 4) is 0 Å². The highest BCUT2D eigenvalue weighted by Gasteiger charge is 2.24. The van der Waals surface area contributed by atoms with Crippen LogP contribution < -0.4 is 5.32 Å². The van der Waals surface area contributed by atoms with Crippen LogP contribution in [0, 0.1) is 5.92 Å². The van der Waals surface area contributed by atoms with Crippen LogP contribution in [0.25, 0.3) is 0 Å². The lowest BCUT2D eigenvalue weighted by Gasteiger charge is -2.32. The van der Waals surface area contributed by atoms with E-state index in [0.29, 0.717) is 12.0 Å². The smallest absolute Gasteiger partial charge is 0.0584 e. The highest BCUT2D eigenvalue weighted by atomic mass is 16.3. The van der Waals surface area contributed by atoms with Gasteiger partial charge in [0.25, 0.3) is 0 Å². The van der Waals surface area contributed by atoms with E-state index in [0.717, 1.165) is 12.8 Å². The summed E-state index contributed by atoms with van der Waals surface area (Å²) in [6, 6.07) is 0.619. The van der Waals surface area contributed by atoms with Gasteiger partial charge >= 0.3 is 0 Å². The Morgan fingerprint density at radius 3 is 2.55 bits per heavy atom. The van der Waals surface area contributed by atoms with E-state index in [1.54, 1.807) is 0 Å². The fourth-order valence-electron chi connectivity index (χ4n) is 1.81. The first-order valence-corrected chi connectivity index (χ1v) is 4.24. The van der Waals surface area contributed by atoms with E-state index >= 15 is 0 Å². The third-order valence-corrected chi connectivity index (χ3v) is 2.30. The average Bonchev–Trinajstić information content (AvgIpc) is 2.03. The van der Waals surface area contributed by atoms with Gasteiger partial charge in [-0.25, -0.2) is 0 Å². The van der Waals surface area contributed by atoms with Gasteiger partial charge in [0, 0.05) is 18.7 Å². The third kappa shape index (κ3) is 2.43. The Kier molecular flexibility index (Phi) is 3.30. The molecule has 0 aromatic heterocycles. The van der Waals surface area contributed by atoms with Crippen molar-refractivity contribution in [1.82, 2.24) is 5.32 Å². The molecular formula is C8H17NO2. The Balaban J connectivity index is 2.37. The molecule has 11 heavy (non-hydrogen) atoms. The fourth-order valence-corrected chi connectivity index (χ4v) is 1.81. The fraction of sp³-hybridized carbons (Fsp3) is 1.00. The van der Waals surface area contributed by atoms with Crippen molar-refractivity contribution in [3.63, 3.8) is 0 Å². The first-order valence-electron chi connectivity index (χ1n) is 4.24. The van der Waals surface area contributed by atoms with Crippen molar-refractivity contribution >= 4 is 0 Å². The van der Waals surface area contributed by atoms with Gasteiger partial charge in [0.15, 0.2) is 0 Å². The summed E-state index contributed by atoms with van der Waals surface area (Å²) in [4.78, 5) is 0. The summed E-state index contributed by atoms with van der Waals surface area (Å²) in [6.45, 7) is 2.52. The van der Waals surface area contributed by atoms with Gasteiger partial charge in [0.05, 0.1) is 6.61 Å². The van der Waals surface area contributed by atoms with E-state index in [1.807, 2.05) is 0 Å². The quantitative estimate of drug-likeness (QED) is 0.520. The van der Waals surface area contributed by atoms with Gasteiger partial charge in [-0.05, 0) is 25.7 Å². The Labute approximate surface area is 67.4 Å². The molecule has 1 heterocycles. The minimum Gasteiger partial charge on any atom is -0.396 e. The second kappa shape index (κ2) is 4.04. The lowest BCUT2D eigenvalue weighted by Crippen LogP contribution is -2.46. The van der Waals surface area contributed by atoms with Gasteiger partial charge in [-0.3, -0.25) is 0 Å². The minimum atomic E-state index is 0.181. The van der Waals surface area contributed by atoms with Crippen LogP contribution in [0.4, 0.5) is 0 Å². The second-order valence-corrected chi connectivity index (χ2v) is 3.47. The van der Waals surface area contributed by atoms with Gasteiger partial charge in [-0.15, -0.1) is 0 Å². The van der Waals surface area contributed by atoms with Crippen molar-refractivity contribution in [3.05, 3.63) is 0 Å². The predicted octanol–water partition coefficient (Wildman–Crippen LogP) is -0.272. The van der Waals surface area contributed by atoms with Gasteiger partial charge in [-0.2, -0.15) is 0 Å². The maximum atomic E-state index is 8.91. The van der Waals surface area contributed by atoms with Crippen LogP contribution in [0.2, 0.25) is 0 Å². The molecule has 0 aromatic rings. The minimum absolute atomic E-state index is 0.181. The zero-order chi connectivity index (χ0) is 8.27. The van der Waals surface area contributed by atoms with Crippen LogP contribution >= 0.6 is 0 Å². The molecule has 1 rings (SSSR count). The number of aliphatic hydroxyl groups is 2. The summed E-state index contributed by atoms with van der Waals surface area (Å²) in [6.07, 6.45) is 1.92. The van der Waals surface area contributed by atoms with Crippen LogP contribution in [0.5, 0.6) is 0 Å². The molecule has 0 aromatic carbocycles. The maximum Gasteiger partial charge on any atom is 0.0584 e. The summed E-state index contributed by atoms with van der Waals surface area (Å²) in [5.74, 6) is 0.378. The average molecular weight is 159 g/mol. The second-order valence-electron chi connectivity index (χ2n) is 3.47. The lowest BCUT2D eigenvalue weighted by molar-refractivity contribution is 0.125. The van der Waals surface area contributed by atoms with E-state index in [1.165, 1.54) is 0 Å². The molecule has 1 aliphatic rings. The Morgan fingerprint density at radius 1 is 1.27 bits per heavy atom. The van der Waals surface area contributed by atoms with Crippen molar-refractivity contribution in [2.45, 2.75) is 31.8 Å². The summed E-state index contributed by atoms with van der Waals surface area (Å²) in [7, 11) is 0. The van der Waals surface area contributed by atoms with Crippen LogP contribution in [-0.4, -0.2) is 35.5 Å². The van der Waals surface area contributed by atoms with Crippen LogP contribution in [0.15, 0.2) is 0 Å². The molecule has 0 bridgehead atoms. The molecule has 1 aliphatic heterocycles. The van der Waals surface area contributed by atoms with E-state index in [9.17, 15) is 0 Å². The summed E-state index contributed by atoms with van der Waals surface area (Å²) in [5, 5.41) is 21.1. The van der Waals surface area contributed by atoms with Gasteiger partial charge in [0.1, 0.15) is 0 Å². The zero-order valence-corrected chi connectivity index (χ0v) is 6.95. The molecule has 1 saturated heterocycles. The molecule has 0 saturated carbocycles. The summed E-state index contributed by atoms with van der Waals surface area (Å²) in [5.41, 5.74) is 0. The molecule has 0 amide bonds. The summed E-state index contributed by atoms with van der Waals surface area (Å²) < 4.78 is 0. The Bertz CT molecular complexity index is 107. The lowest BCUT2D eigenvalue weighted by atomic mass is 9.89.